The van der Waals surface area contributed by atoms with Crippen LogP contribution in [0.25, 0.3) is 0 Å². The van der Waals surface area contributed by atoms with Crippen molar-refractivity contribution in [3.63, 3.8) is 0 Å². The molecule has 3 heteroatoms. The van der Waals surface area contributed by atoms with E-state index in [1.54, 1.807) is 5.57 Å². The first-order valence-electron chi connectivity index (χ1n) is 11.2. The molecule has 0 bridgehead atoms. The smallest absolute Gasteiger partial charge is 0.302 e. The van der Waals surface area contributed by atoms with Crippen molar-refractivity contribution in [2.75, 3.05) is 0 Å². The summed E-state index contributed by atoms with van der Waals surface area (Å²) in [5.74, 6) is 2.13. The molecule has 3 nitrogen and oxygen atoms in total. The first kappa shape index (κ1) is 19.9. The maximum absolute atomic E-state index is 12.0. The summed E-state index contributed by atoms with van der Waals surface area (Å²) in [4.78, 5) is 23.7. The number of rotatable bonds is 3. The van der Waals surface area contributed by atoms with E-state index in [0.717, 1.165) is 31.5 Å². The average molecular weight is 385 g/mol. The molecule has 0 aliphatic heterocycles. The quantitative estimate of drug-likeness (QED) is 0.367. The fraction of sp³-hybridized carbons (Fsp3) is 0.760. The van der Waals surface area contributed by atoms with E-state index in [4.69, 9.17) is 4.74 Å². The van der Waals surface area contributed by atoms with Gasteiger partial charge in [-0.2, -0.15) is 0 Å². The fourth-order valence-electron chi connectivity index (χ4n) is 7.53. The number of aldehydes is 1. The lowest BCUT2D eigenvalue weighted by Gasteiger charge is -2.60. The highest BCUT2D eigenvalue weighted by Gasteiger charge is 2.61. The highest BCUT2D eigenvalue weighted by Crippen LogP contribution is 2.66. The molecule has 0 radical (unpaired) electrons. The minimum Gasteiger partial charge on any atom is -0.462 e. The van der Waals surface area contributed by atoms with E-state index in [1.165, 1.54) is 31.8 Å². The van der Waals surface area contributed by atoms with Crippen LogP contribution in [0.5, 0.6) is 0 Å². The lowest BCUT2D eigenvalue weighted by atomic mass is 9.46. The normalized spacial score (nSPS) is 45.7. The highest BCUT2D eigenvalue weighted by atomic mass is 16.5. The largest absolute Gasteiger partial charge is 0.462 e. The predicted molar refractivity (Wildman–Crippen MR) is 110 cm³/mol. The lowest BCUT2D eigenvalue weighted by molar-refractivity contribution is -0.168. The van der Waals surface area contributed by atoms with Crippen LogP contribution < -0.4 is 0 Å². The van der Waals surface area contributed by atoms with Gasteiger partial charge < -0.3 is 9.53 Å². The van der Waals surface area contributed by atoms with E-state index in [-0.39, 0.29) is 28.8 Å². The van der Waals surface area contributed by atoms with Crippen molar-refractivity contribution < 1.29 is 14.3 Å². The topological polar surface area (TPSA) is 43.4 Å². The molecular formula is C25H36O3. The Kier molecular flexibility index (Phi) is 4.87. The number of ether oxygens (including phenoxy) is 1. The Balaban J connectivity index is 1.74. The summed E-state index contributed by atoms with van der Waals surface area (Å²) < 4.78 is 6.01. The molecule has 0 spiro atoms. The van der Waals surface area contributed by atoms with Gasteiger partial charge in [0.1, 0.15) is 12.4 Å². The van der Waals surface area contributed by atoms with Crippen LogP contribution in [-0.2, 0) is 14.3 Å². The average Bonchev–Trinajstić information content (AvgIpc) is 3.00. The van der Waals surface area contributed by atoms with Crippen LogP contribution in [0.15, 0.2) is 23.3 Å². The Bertz CT molecular complexity index is 734. The maximum atomic E-state index is 12.0. The summed E-state index contributed by atoms with van der Waals surface area (Å²) in [6.07, 6.45) is 12.7. The number of fused-ring (bicyclic) bond motifs is 5. The Morgan fingerprint density at radius 1 is 1.25 bits per heavy atom. The maximum Gasteiger partial charge on any atom is 0.302 e. The number of hydrogen-bond acceptors (Lipinski definition) is 3. The van der Waals surface area contributed by atoms with E-state index in [1.807, 2.05) is 6.92 Å². The van der Waals surface area contributed by atoms with Crippen LogP contribution in [0.1, 0.15) is 73.1 Å². The number of esters is 1. The van der Waals surface area contributed by atoms with Crippen LogP contribution in [0.4, 0.5) is 0 Å². The predicted octanol–water partition coefficient (Wildman–Crippen LogP) is 5.50. The second kappa shape index (κ2) is 6.85. The summed E-state index contributed by atoms with van der Waals surface area (Å²) >= 11 is 0. The molecule has 0 heterocycles. The van der Waals surface area contributed by atoms with Crippen molar-refractivity contribution in [3.05, 3.63) is 23.3 Å². The molecule has 4 aliphatic rings. The van der Waals surface area contributed by atoms with E-state index < -0.39 is 0 Å². The van der Waals surface area contributed by atoms with Crippen molar-refractivity contribution in [1.82, 2.24) is 0 Å². The fourth-order valence-corrected chi connectivity index (χ4v) is 7.53. The molecule has 0 aromatic carbocycles. The Morgan fingerprint density at radius 2 is 2.00 bits per heavy atom. The molecule has 8 atom stereocenters. The van der Waals surface area contributed by atoms with E-state index >= 15 is 0 Å². The Morgan fingerprint density at radius 3 is 2.68 bits per heavy atom. The second-order valence-corrected chi connectivity index (χ2v) is 10.5. The molecule has 4 aliphatic carbocycles. The van der Waals surface area contributed by atoms with Gasteiger partial charge in [-0.3, -0.25) is 4.79 Å². The van der Waals surface area contributed by atoms with Gasteiger partial charge in [0.25, 0.3) is 0 Å². The SMILES string of the molecule is CC(=O)O[C@@H]1C[C@H]2[C@@H](CC=C3C[C@@H](C)CC[C@@]32C)[C@@H]2CC=C([C@H](C)C=O)[C@@]12C. The van der Waals surface area contributed by atoms with Crippen LogP contribution in [0, 0.1) is 40.4 Å². The molecule has 0 amide bonds. The number of hydrogen-bond donors (Lipinski definition) is 0. The van der Waals surface area contributed by atoms with Gasteiger partial charge in [-0.25, -0.2) is 0 Å². The molecule has 0 N–H and O–H groups in total. The molecule has 2 fully saturated rings. The highest BCUT2D eigenvalue weighted by molar-refractivity contribution is 5.66. The van der Waals surface area contributed by atoms with Gasteiger partial charge in [0, 0.05) is 18.3 Å². The summed E-state index contributed by atoms with van der Waals surface area (Å²) in [5.41, 5.74) is 2.89. The van der Waals surface area contributed by atoms with Gasteiger partial charge >= 0.3 is 5.97 Å². The minimum atomic E-state index is -0.211. The molecule has 2 saturated carbocycles. The van der Waals surface area contributed by atoms with Gasteiger partial charge in [-0.15, -0.1) is 0 Å². The Labute approximate surface area is 170 Å². The molecule has 0 unspecified atom stereocenters. The molecule has 154 valence electrons. The summed E-state index contributed by atoms with van der Waals surface area (Å²) in [7, 11) is 0. The van der Waals surface area contributed by atoms with Crippen molar-refractivity contribution in [2.24, 2.45) is 40.4 Å². The molecular weight excluding hydrogens is 348 g/mol. The van der Waals surface area contributed by atoms with E-state index in [0.29, 0.717) is 17.8 Å². The van der Waals surface area contributed by atoms with Gasteiger partial charge in [0.2, 0.25) is 0 Å². The number of carbonyl (C=O) groups excluding carboxylic acids is 2. The van der Waals surface area contributed by atoms with Crippen LogP contribution >= 0.6 is 0 Å². The Hall–Kier alpha value is -1.38. The third kappa shape index (κ3) is 2.75. The zero-order valence-corrected chi connectivity index (χ0v) is 18.2. The standard InChI is InChI=1S/C25H36O3/c1-15-10-11-24(4)18(12-15)6-7-19-21-9-8-20(16(2)14-26)25(21,5)23(13-22(19)24)28-17(3)27/h6,8,14-16,19,21-23H,7,9-13H2,1-5H3/t15-,16+,19-,21-,22-,23+,24-,25+/m0/s1. The number of allylic oxidation sites excluding steroid dienone is 3. The first-order valence-corrected chi connectivity index (χ1v) is 11.2. The zero-order valence-electron chi connectivity index (χ0n) is 18.2. The molecule has 0 aromatic heterocycles. The van der Waals surface area contributed by atoms with Crippen LogP contribution in [0.3, 0.4) is 0 Å². The lowest BCUT2D eigenvalue weighted by Crippen LogP contribution is -2.56. The first-order chi connectivity index (χ1) is 13.2. The van der Waals surface area contributed by atoms with Gasteiger partial charge in [0.15, 0.2) is 0 Å². The van der Waals surface area contributed by atoms with Crippen molar-refractivity contribution in [3.8, 4) is 0 Å². The summed E-state index contributed by atoms with van der Waals surface area (Å²) in [6, 6.07) is 0. The van der Waals surface area contributed by atoms with Crippen molar-refractivity contribution >= 4 is 12.3 Å². The van der Waals surface area contributed by atoms with Crippen molar-refractivity contribution in [2.45, 2.75) is 79.2 Å². The monoisotopic (exact) mass is 384 g/mol. The molecule has 0 saturated heterocycles. The third-order valence-electron chi connectivity index (χ3n) is 9.07. The third-order valence-corrected chi connectivity index (χ3v) is 9.07. The second-order valence-electron chi connectivity index (χ2n) is 10.5. The number of carbonyl (C=O) groups is 2. The van der Waals surface area contributed by atoms with E-state index in [9.17, 15) is 9.59 Å². The van der Waals surface area contributed by atoms with Gasteiger partial charge in [-0.1, -0.05) is 51.0 Å². The zero-order chi connectivity index (χ0) is 20.3. The summed E-state index contributed by atoms with van der Waals surface area (Å²) in [5, 5.41) is 0. The molecule has 28 heavy (non-hydrogen) atoms. The van der Waals surface area contributed by atoms with Crippen molar-refractivity contribution in [1.29, 1.82) is 0 Å². The van der Waals surface area contributed by atoms with E-state index in [2.05, 4.69) is 32.9 Å². The van der Waals surface area contributed by atoms with Gasteiger partial charge in [0.05, 0.1) is 0 Å². The summed E-state index contributed by atoms with van der Waals surface area (Å²) in [6.45, 7) is 10.6. The van der Waals surface area contributed by atoms with Crippen LogP contribution in [-0.4, -0.2) is 18.4 Å². The minimum absolute atomic E-state index is 0.106. The van der Waals surface area contributed by atoms with Gasteiger partial charge in [-0.05, 0) is 67.6 Å². The van der Waals surface area contributed by atoms with Crippen LogP contribution in [0.2, 0.25) is 0 Å². The molecule has 0 aromatic rings. The molecule has 4 rings (SSSR count).